The van der Waals surface area contributed by atoms with Crippen LogP contribution < -0.4 is 0 Å². The Bertz CT molecular complexity index is 467. The molecule has 0 spiro atoms. The van der Waals surface area contributed by atoms with Crippen molar-refractivity contribution >= 4 is 11.4 Å². The minimum Gasteiger partial charge on any atom is -0.502 e. The van der Waals surface area contributed by atoms with Crippen molar-refractivity contribution in [3.63, 3.8) is 0 Å². The highest BCUT2D eigenvalue weighted by atomic mass is 16.6. The molecule has 9 heteroatoms. The number of nitriles is 1. The monoisotopic (exact) mass is 241 g/mol. The van der Waals surface area contributed by atoms with Gasteiger partial charge in [-0.05, 0) is 6.07 Å². The van der Waals surface area contributed by atoms with Gasteiger partial charge >= 0.3 is 5.69 Å². The third-order valence-corrected chi connectivity index (χ3v) is 1.44. The topological polar surface area (TPSA) is 151 Å². The lowest BCUT2D eigenvalue weighted by Crippen LogP contribution is -1.92. The number of rotatable bonds is 2. The number of nitrogens with zero attached hydrogens (tertiary/aromatic N) is 3. The third-order valence-electron chi connectivity index (χ3n) is 1.44. The van der Waals surface area contributed by atoms with Crippen LogP contribution in [0.3, 0.4) is 0 Å². The van der Waals surface area contributed by atoms with Crippen molar-refractivity contribution < 1.29 is 20.1 Å². The van der Waals surface area contributed by atoms with E-state index >= 15 is 0 Å². The predicted molar refractivity (Wildman–Crippen MR) is 54.1 cm³/mol. The van der Waals surface area contributed by atoms with E-state index in [0.29, 0.717) is 6.07 Å². The van der Waals surface area contributed by atoms with Gasteiger partial charge in [0.2, 0.25) is 0 Å². The second kappa shape index (κ2) is 6.70. The van der Waals surface area contributed by atoms with Crippen LogP contribution in [0.25, 0.3) is 0 Å². The van der Waals surface area contributed by atoms with Crippen molar-refractivity contribution in [1.82, 2.24) is 0 Å². The molecule has 0 saturated carbocycles. The van der Waals surface area contributed by atoms with Crippen molar-refractivity contribution in [2.45, 2.75) is 0 Å². The Morgan fingerprint density at radius 3 is 2.18 bits per heavy atom. The summed E-state index contributed by atoms with van der Waals surface area (Å²) in [5.74, 6) is -0.587. The zero-order valence-corrected chi connectivity index (χ0v) is 8.31. The lowest BCUT2D eigenvalue weighted by molar-refractivity contribution is -0.394. The van der Waals surface area contributed by atoms with Gasteiger partial charge < -0.3 is 10.2 Å². The molecule has 0 amide bonds. The minimum absolute atomic E-state index is 0.375. The summed E-state index contributed by atoms with van der Waals surface area (Å²) >= 11 is 0. The van der Waals surface area contributed by atoms with Gasteiger partial charge in [0.15, 0.2) is 5.75 Å². The van der Waals surface area contributed by atoms with E-state index in [1.807, 2.05) is 0 Å². The second-order valence-corrected chi connectivity index (χ2v) is 2.50. The number of non-ortho nitro benzene ring substituents is 1. The van der Waals surface area contributed by atoms with Crippen LogP contribution in [0, 0.1) is 31.6 Å². The van der Waals surface area contributed by atoms with Crippen LogP contribution in [0.1, 0.15) is 0 Å². The van der Waals surface area contributed by atoms with Gasteiger partial charge in [0.1, 0.15) is 6.61 Å². The maximum absolute atomic E-state index is 10.2. The molecule has 0 aliphatic heterocycles. The second-order valence-electron chi connectivity index (χ2n) is 2.50. The molecule has 0 fully saturated rings. The lowest BCUT2D eigenvalue weighted by atomic mass is 10.2. The quantitative estimate of drug-likeness (QED) is 0.439. The summed E-state index contributed by atoms with van der Waals surface area (Å²) in [6.07, 6.45) is 0. The molecular formula is C8H7N3O6. The highest BCUT2D eigenvalue weighted by Crippen LogP contribution is 2.29. The van der Waals surface area contributed by atoms with E-state index in [9.17, 15) is 20.2 Å². The molecule has 1 aromatic carbocycles. The Labute approximate surface area is 94.5 Å². The molecule has 0 atom stereocenters. The molecule has 0 bridgehead atoms. The fourth-order valence-electron chi connectivity index (χ4n) is 0.772. The number of aliphatic hydroxyl groups is 1. The van der Waals surface area contributed by atoms with Gasteiger partial charge in [-0.3, -0.25) is 20.2 Å². The molecule has 0 saturated heterocycles. The van der Waals surface area contributed by atoms with E-state index in [4.69, 9.17) is 15.5 Å². The Morgan fingerprint density at radius 1 is 1.29 bits per heavy atom. The largest absolute Gasteiger partial charge is 0.502 e. The summed E-state index contributed by atoms with van der Waals surface area (Å²) in [5, 5.41) is 44.2. The number of nitro benzene ring substituents is 2. The molecule has 0 radical (unpaired) electrons. The first-order valence-corrected chi connectivity index (χ1v) is 4.03. The molecule has 1 rings (SSSR count). The first-order chi connectivity index (χ1) is 7.93. The van der Waals surface area contributed by atoms with Gasteiger partial charge in [-0.1, -0.05) is 0 Å². The Morgan fingerprint density at radius 2 is 1.82 bits per heavy atom. The van der Waals surface area contributed by atoms with Crippen LogP contribution in [0.5, 0.6) is 5.75 Å². The van der Waals surface area contributed by atoms with Crippen molar-refractivity contribution in [3.8, 4) is 11.8 Å². The van der Waals surface area contributed by atoms with Gasteiger partial charge in [0.05, 0.1) is 22.0 Å². The SMILES string of the molecule is N#CCO.O=[N+]([O-])c1ccc(O)c([N+](=O)[O-])c1. The maximum atomic E-state index is 10.2. The van der Waals surface area contributed by atoms with E-state index in [1.54, 1.807) is 0 Å². The van der Waals surface area contributed by atoms with E-state index in [0.717, 1.165) is 12.1 Å². The summed E-state index contributed by atoms with van der Waals surface area (Å²) in [6.45, 7) is -0.375. The first kappa shape index (κ1) is 14.3. The van der Waals surface area contributed by atoms with Crippen LogP contribution >= 0.6 is 0 Å². The van der Waals surface area contributed by atoms with Crippen LogP contribution in [-0.4, -0.2) is 26.7 Å². The number of aromatic hydroxyl groups is 1. The molecule has 1 aromatic rings. The number of hydrogen-bond donors (Lipinski definition) is 2. The van der Waals surface area contributed by atoms with E-state index in [1.165, 1.54) is 6.07 Å². The summed E-state index contributed by atoms with van der Waals surface area (Å²) < 4.78 is 0. The Kier molecular flexibility index (Phi) is 5.62. The van der Waals surface area contributed by atoms with Gasteiger partial charge in [0, 0.05) is 6.07 Å². The molecule has 0 unspecified atom stereocenters. The Hall–Kier alpha value is -2.73. The zero-order valence-electron chi connectivity index (χ0n) is 8.31. The Balaban J connectivity index is 0.000000557. The number of aliphatic hydroxyl groups excluding tert-OH is 1. The van der Waals surface area contributed by atoms with Gasteiger partial charge in [-0.25, -0.2) is 0 Å². The predicted octanol–water partition coefficient (Wildman–Crippen LogP) is 0.711. The van der Waals surface area contributed by atoms with E-state index < -0.39 is 27.0 Å². The number of phenols is 1. The van der Waals surface area contributed by atoms with Crippen LogP contribution in [-0.2, 0) is 0 Å². The first-order valence-electron chi connectivity index (χ1n) is 4.03. The molecule has 9 nitrogen and oxygen atoms in total. The van der Waals surface area contributed by atoms with Crippen molar-refractivity contribution in [2.75, 3.05) is 6.61 Å². The minimum atomic E-state index is -0.887. The van der Waals surface area contributed by atoms with Gasteiger partial charge in [-0.2, -0.15) is 5.26 Å². The molecule has 0 aliphatic carbocycles. The maximum Gasteiger partial charge on any atom is 0.317 e. The van der Waals surface area contributed by atoms with Crippen molar-refractivity contribution in [1.29, 1.82) is 5.26 Å². The fraction of sp³-hybridized carbons (Fsp3) is 0.125. The standard InChI is InChI=1S/C6H4N2O5.C2H3NO/c9-6-2-1-4(7(10)11)3-5(6)8(12)13;3-1-2-4/h1-3,9H;4H,2H2. The number of benzene rings is 1. The van der Waals surface area contributed by atoms with Gasteiger partial charge in [-0.15, -0.1) is 0 Å². The normalized spacial score (nSPS) is 8.47. The average Bonchev–Trinajstić information content (AvgIpc) is 2.29. The molecule has 17 heavy (non-hydrogen) atoms. The lowest BCUT2D eigenvalue weighted by Gasteiger charge is -1.94. The van der Waals surface area contributed by atoms with Crippen LogP contribution in [0.15, 0.2) is 18.2 Å². The van der Waals surface area contributed by atoms with E-state index in [2.05, 4.69) is 0 Å². The highest BCUT2D eigenvalue weighted by molar-refractivity contribution is 5.52. The summed E-state index contributed by atoms with van der Waals surface area (Å²) in [6, 6.07) is 4.09. The summed E-state index contributed by atoms with van der Waals surface area (Å²) in [5.41, 5.74) is -1.10. The van der Waals surface area contributed by atoms with Crippen molar-refractivity contribution in [3.05, 3.63) is 38.4 Å². The van der Waals surface area contributed by atoms with Crippen molar-refractivity contribution in [2.24, 2.45) is 0 Å². The number of phenolic OH excluding ortho intramolecular Hbond substituents is 1. The number of hydrogen-bond acceptors (Lipinski definition) is 7. The highest BCUT2D eigenvalue weighted by Gasteiger charge is 2.18. The number of nitro groups is 2. The summed E-state index contributed by atoms with van der Waals surface area (Å²) in [7, 11) is 0. The molecule has 0 aliphatic rings. The van der Waals surface area contributed by atoms with Crippen LogP contribution in [0.2, 0.25) is 0 Å². The summed E-state index contributed by atoms with van der Waals surface area (Å²) in [4.78, 5) is 18.7. The third kappa shape index (κ3) is 4.54. The average molecular weight is 241 g/mol. The fourth-order valence-corrected chi connectivity index (χ4v) is 0.772. The molecule has 0 aromatic heterocycles. The molecule has 90 valence electrons. The smallest absolute Gasteiger partial charge is 0.317 e. The molecular weight excluding hydrogens is 234 g/mol. The van der Waals surface area contributed by atoms with Crippen LogP contribution in [0.4, 0.5) is 11.4 Å². The van der Waals surface area contributed by atoms with E-state index in [-0.39, 0.29) is 6.61 Å². The zero-order chi connectivity index (χ0) is 13.4. The molecule has 2 N–H and O–H groups in total. The van der Waals surface area contributed by atoms with Gasteiger partial charge in [0.25, 0.3) is 5.69 Å². The molecule has 0 heterocycles.